The second-order valence-corrected chi connectivity index (χ2v) is 7.14. The highest BCUT2D eigenvalue weighted by Gasteiger charge is 2.35. The van der Waals surface area contributed by atoms with Gasteiger partial charge in [0.1, 0.15) is 17.1 Å². The summed E-state index contributed by atoms with van der Waals surface area (Å²) < 4.78 is 53.6. The van der Waals surface area contributed by atoms with E-state index in [9.17, 15) is 27.5 Å². The maximum absolute atomic E-state index is 13.1. The Morgan fingerprint density at radius 1 is 1.19 bits per heavy atom. The van der Waals surface area contributed by atoms with E-state index in [2.05, 4.69) is 15.2 Å². The van der Waals surface area contributed by atoms with E-state index in [0.717, 1.165) is 12.1 Å². The lowest BCUT2D eigenvalue weighted by Gasteiger charge is -2.21. The van der Waals surface area contributed by atoms with Crippen molar-refractivity contribution in [3.63, 3.8) is 0 Å². The highest BCUT2D eigenvalue weighted by molar-refractivity contribution is 5.88. The lowest BCUT2D eigenvalue weighted by Crippen LogP contribution is -2.41. The molecule has 0 fully saturated rings. The molecule has 3 rings (SSSR count). The molecule has 0 amide bonds. The normalized spacial score (nSPS) is 13.5. The Labute approximate surface area is 174 Å². The maximum atomic E-state index is 13.1. The van der Waals surface area contributed by atoms with E-state index in [4.69, 9.17) is 6.57 Å². The third kappa shape index (κ3) is 5.13. The number of carbonyl (C=O) groups is 1. The predicted octanol–water partition coefficient (Wildman–Crippen LogP) is 4.22. The van der Waals surface area contributed by atoms with Crippen molar-refractivity contribution in [3.05, 3.63) is 77.0 Å². The van der Waals surface area contributed by atoms with Gasteiger partial charge in [-0.05, 0) is 36.8 Å². The van der Waals surface area contributed by atoms with Crippen LogP contribution in [0.25, 0.3) is 16.1 Å². The summed E-state index contributed by atoms with van der Waals surface area (Å²) in [4.78, 5) is 15.4. The molecular formula is C21H16F4N4O2. The fourth-order valence-corrected chi connectivity index (χ4v) is 2.93. The summed E-state index contributed by atoms with van der Waals surface area (Å²) in [6, 6.07) is 8.49. The van der Waals surface area contributed by atoms with E-state index >= 15 is 0 Å². The number of aromatic nitrogens is 3. The van der Waals surface area contributed by atoms with Crippen LogP contribution in [0.15, 0.2) is 48.7 Å². The van der Waals surface area contributed by atoms with Gasteiger partial charge in [0.25, 0.3) is 0 Å². The van der Waals surface area contributed by atoms with Gasteiger partial charge in [-0.1, -0.05) is 23.4 Å². The fourth-order valence-electron chi connectivity index (χ4n) is 2.93. The van der Waals surface area contributed by atoms with Crippen molar-refractivity contribution in [1.82, 2.24) is 15.0 Å². The van der Waals surface area contributed by atoms with Gasteiger partial charge in [0.2, 0.25) is 0 Å². The van der Waals surface area contributed by atoms with Gasteiger partial charge in [-0.25, -0.2) is 13.9 Å². The van der Waals surface area contributed by atoms with Gasteiger partial charge in [-0.2, -0.15) is 13.2 Å². The Hall–Kier alpha value is -3.58. The molecule has 0 aliphatic heterocycles. The van der Waals surface area contributed by atoms with E-state index in [1.54, 1.807) is 0 Å². The number of rotatable bonds is 6. The number of benzene rings is 2. The average molecular weight is 432 g/mol. The van der Waals surface area contributed by atoms with E-state index in [0.29, 0.717) is 11.3 Å². The van der Waals surface area contributed by atoms with Gasteiger partial charge in [0.15, 0.2) is 11.5 Å². The Balaban J connectivity index is 1.75. The van der Waals surface area contributed by atoms with Crippen LogP contribution in [0.1, 0.15) is 18.1 Å². The van der Waals surface area contributed by atoms with Crippen LogP contribution in [0.3, 0.4) is 0 Å². The standard InChI is InChI=1S/C21H16F4N4O2/c1-20(31,12-29-11-18(27-28-29)14-4-6-15(22)7-5-14)19(30)10-13-3-8-17(26-2)16(9-13)21(23,24)25/h3-9,11,31H,10,12H2,1H3/t20-/m0/s1. The number of halogens is 4. The summed E-state index contributed by atoms with van der Waals surface area (Å²) in [6.07, 6.45) is -3.74. The number of ketones is 1. The Morgan fingerprint density at radius 3 is 2.48 bits per heavy atom. The summed E-state index contributed by atoms with van der Waals surface area (Å²) in [6.45, 7) is 7.80. The number of Topliss-reactive ketones (excluding diaryl/α,β-unsaturated/α-hetero) is 1. The van der Waals surface area contributed by atoms with Crippen LogP contribution in [0.2, 0.25) is 0 Å². The van der Waals surface area contributed by atoms with Crippen LogP contribution in [-0.4, -0.2) is 31.5 Å². The predicted molar refractivity (Wildman–Crippen MR) is 102 cm³/mol. The molecule has 0 aliphatic carbocycles. The summed E-state index contributed by atoms with van der Waals surface area (Å²) in [5.41, 5.74) is -2.63. The van der Waals surface area contributed by atoms with E-state index in [1.165, 1.54) is 48.1 Å². The second kappa shape index (κ2) is 8.28. The van der Waals surface area contributed by atoms with E-state index < -0.39 is 41.0 Å². The van der Waals surface area contributed by atoms with Crippen LogP contribution in [0.4, 0.5) is 23.2 Å². The summed E-state index contributed by atoms with van der Waals surface area (Å²) in [5, 5.41) is 18.3. The molecule has 0 unspecified atom stereocenters. The largest absolute Gasteiger partial charge is 0.407 e. The summed E-state index contributed by atoms with van der Waals surface area (Å²) in [7, 11) is 0. The molecule has 0 spiro atoms. The SMILES string of the molecule is [C-]#[N+]c1ccc(CC(=O)[C@@](C)(O)Cn2cc(-c3ccc(F)cc3)nn2)cc1C(F)(F)F. The maximum Gasteiger partial charge on any atom is 0.407 e. The molecule has 160 valence electrons. The van der Waals surface area contributed by atoms with Gasteiger partial charge in [-0.3, -0.25) is 4.79 Å². The minimum Gasteiger partial charge on any atom is -0.380 e. The lowest BCUT2D eigenvalue weighted by molar-refractivity contribution is -0.138. The molecule has 1 N–H and O–H groups in total. The molecule has 0 bridgehead atoms. The zero-order valence-electron chi connectivity index (χ0n) is 16.2. The van der Waals surface area contributed by atoms with E-state index in [-0.39, 0.29) is 12.1 Å². The molecule has 0 radical (unpaired) electrons. The zero-order valence-corrected chi connectivity index (χ0v) is 16.2. The highest BCUT2D eigenvalue weighted by Crippen LogP contribution is 2.37. The van der Waals surface area contributed by atoms with Crippen LogP contribution >= 0.6 is 0 Å². The van der Waals surface area contributed by atoms with Gasteiger partial charge >= 0.3 is 6.18 Å². The van der Waals surface area contributed by atoms with E-state index in [1.807, 2.05) is 0 Å². The number of hydrogen-bond acceptors (Lipinski definition) is 4. The molecule has 31 heavy (non-hydrogen) atoms. The summed E-state index contributed by atoms with van der Waals surface area (Å²) >= 11 is 0. The van der Waals surface area contributed by atoms with Crippen molar-refractivity contribution < 1.29 is 27.5 Å². The Bertz CT molecular complexity index is 1150. The Morgan fingerprint density at radius 2 is 1.87 bits per heavy atom. The van der Waals surface area contributed by atoms with Crippen molar-refractivity contribution in [2.75, 3.05) is 0 Å². The molecule has 3 aromatic rings. The van der Waals surface area contributed by atoms with Crippen LogP contribution in [0.5, 0.6) is 0 Å². The number of alkyl halides is 3. The molecule has 0 saturated heterocycles. The number of aliphatic hydroxyl groups is 1. The molecule has 1 heterocycles. The fraction of sp³-hybridized carbons (Fsp3) is 0.238. The topological polar surface area (TPSA) is 72.4 Å². The third-order valence-electron chi connectivity index (χ3n) is 4.60. The average Bonchev–Trinajstić information content (AvgIpc) is 3.15. The highest BCUT2D eigenvalue weighted by atomic mass is 19.4. The van der Waals surface area contributed by atoms with Crippen molar-refractivity contribution in [2.24, 2.45) is 0 Å². The minimum absolute atomic E-state index is 0.0237. The van der Waals surface area contributed by atoms with Crippen molar-refractivity contribution in [3.8, 4) is 11.3 Å². The third-order valence-corrected chi connectivity index (χ3v) is 4.60. The first-order valence-corrected chi connectivity index (χ1v) is 8.99. The quantitative estimate of drug-likeness (QED) is 0.468. The molecule has 10 heteroatoms. The molecule has 0 aliphatic rings. The first-order chi connectivity index (χ1) is 14.5. The van der Waals surface area contributed by atoms with Gasteiger partial charge < -0.3 is 5.11 Å². The molecule has 1 atom stereocenters. The van der Waals surface area contributed by atoms with Gasteiger partial charge in [0.05, 0.1) is 24.9 Å². The molecule has 0 saturated carbocycles. The molecule has 2 aromatic carbocycles. The molecule has 6 nitrogen and oxygen atoms in total. The molecule has 1 aromatic heterocycles. The first kappa shape index (κ1) is 22.1. The van der Waals surface area contributed by atoms with Gasteiger partial charge in [-0.15, -0.1) is 5.10 Å². The Kier molecular flexibility index (Phi) is 5.90. The van der Waals surface area contributed by atoms with Crippen LogP contribution in [0, 0.1) is 12.4 Å². The molecular weight excluding hydrogens is 416 g/mol. The summed E-state index contributed by atoms with van der Waals surface area (Å²) in [5.74, 6) is -1.14. The first-order valence-electron chi connectivity index (χ1n) is 8.99. The number of nitrogens with zero attached hydrogens (tertiary/aromatic N) is 4. The van der Waals surface area contributed by atoms with Crippen molar-refractivity contribution in [1.29, 1.82) is 0 Å². The minimum atomic E-state index is -4.74. The van der Waals surface area contributed by atoms with Crippen LogP contribution in [-0.2, 0) is 23.9 Å². The number of carbonyl (C=O) groups excluding carboxylic acids is 1. The smallest absolute Gasteiger partial charge is 0.380 e. The van der Waals surface area contributed by atoms with Gasteiger partial charge in [0, 0.05) is 12.0 Å². The zero-order chi connectivity index (χ0) is 22.8. The number of hydrogen-bond donors (Lipinski definition) is 1. The monoisotopic (exact) mass is 432 g/mol. The second-order valence-electron chi connectivity index (χ2n) is 7.14. The van der Waals surface area contributed by atoms with Crippen LogP contribution < -0.4 is 0 Å². The van der Waals surface area contributed by atoms with Crippen molar-refractivity contribution in [2.45, 2.75) is 31.7 Å². The van der Waals surface area contributed by atoms with Crippen molar-refractivity contribution >= 4 is 11.5 Å². The lowest BCUT2D eigenvalue weighted by atomic mass is 9.94.